The zero-order valence-electron chi connectivity index (χ0n) is 17.8. The Morgan fingerprint density at radius 2 is 1.88 bits per heavy atom. The second kappa shape index (κ2) is 10.4. The van der Waals surface area contributed by atoms with Gasteiger partial charge in [-0.25, -0.2) is 8.78 Å². The van der Waals surface area contributed by atoms with E-state index in [4.69, 9.17) is 4.74 Å². The molecule has 0 spiro atoms. The lowest BCUT2D eigenvalue weighted by molar-refractivity contribution is -0.118. The number of rotatable bonds is 8. The van der Waals surface area contributed by atoms with Crippen LogP contribution in [0.3, 0.4) is 0 Å². The Labute approximate surface area is 186 Å². The van der Waals surface area contributed by atoms with Crippen molar-refractivity contribution in [3.8, 4) is 5.75 Å². The van der Waals surface area contributed by atoms with Gasteiger partial charge in [-0.3, -0.25) is 9.78 Å². The summed E-state index contributed by atoms with van der Waals surface area (Å²) in [4.78, 5) is 18.7. The molecule has 0 aliphatic heterocycles. The lowest BCUT2D eigenvalue weighted by Crippen LogP contribution is -2.31. The minimum Gasteiger partial charge on any atom is -0.490 e. The summed E-state index contributed by atoms with van der Waals surface area (Å²) in [5.41, 5.74) is 1.64. The van der Waals surface area contributed by atoms with Gasteiger partial charge in [0.1, 0.15) is 17.4 Å². The van der Waals surface area contributed by atoms with E-state index in [9.17, 15) is 13.6 Å². The molecule has 4 rings (SSSR count). The maximum absolute atomic E-state index is 14.5. The van der Waals surface area contributed by atoms with Crippen LogP contribution < -0.4 is 9.64 Å². The van der Waals surface area contributed by atoms with E-state index < -0.39 is 11.6 Å². The molecule has 0 saturated heterocycles. The first-order valence-corrected chi connectivity index (χ1v) is 11.0. The van der Waals surface area contributed by atoms with Crippen LogP contribution >= 0.6 is 0 Å². The van der Waals surface area contributed by atoms with E-state index in [1.165, 1.54) is 23.8 Å². The van der Waals surface area contributed by atoms with Crippen LogP contribution in [0.5, 0.6) is 5.75 Å². The van der Waals surface area contributed by atoms with Gasteiger partial charge in [-0.1, -0.05) is 18.2 Å². The fourth-order valence-electron chi connectivity index (χ4n) is 4.02. The topological polar surface area (TPSA) is 42.4 Å². The highest BCUT2D eigenvalue weighted by molar-refractivity contribution is 5.93. The summed E-state index contributed by atoms with van der Waals surface area (Å²) in [5, 5.41) is 0. The van der Waals surface area contributed by atoms with Crippen LogP contribution in [0.25, 0.3) is 0 Å². The average Bonchev–Trinajstić information content (AvgIpc) is 3.30. The molecule has 166 valence electrons. The molecule has 1 saturated carbocycles. The normalized spacial score (nSPS) is 13.8. The maximum atomic E-state index is 14.5. The zero-order valence-corrected chi connectivity index (χ0v) is 17.8. The number of carbonyl (C=O) groups excluding carboxylic acids is 1. The summed E-state index contributed by atoms with van der Waals surface area (Å²) < 4.78 is 34.0. The third-order valence-corrected chi connectivity index (χ3v) is 5.68. The van der Waals surface area contributed by atoms with Crippen LogP contribution in [0, 0.1) is 11.6 Å². The van der Waals surface area contributed by atoms with Gasteiger partial charge in [-0.05, 0) is 74.1 Å². The third-order valence-electron chi connectivity index (χ3n) is 5.68. The highest BCUT2D eigenvalue weighted by atomic mass is 19.1. The van der Waals surface area contributed by atoms with Gasteiger partial charge < -0.3 is 9.64 Å². The second-order valence-electron chi connectivity index (χ2n) is 8.07. The van der Waals surface area contributed by atoms with Crippen molar-refractivity contribution in [2.24, 2.45) is 0 Å². The van der Waals surface area contributed by atoms with Crippen molar-refractivity contribution in [3.05, 3.63) is 89.8 Å². The van der Waals surface area contributed by atoms with E-state index in [1.54, 1.807) is 18.3 Å². The van der Waals surface area contributed by atoms with Gasteiger partial charge in [0.15, 0.2) is 0 Å². The molecule has 32 heavy (non-hydrogen) atoms. The van der Waals surface area contributed by atoms with Gasteiger partial charge >= 0.3 is 0 Å². The number of ether oxygens (including phenoxy) is 1. The first kappa shape index (κ1) is 21.9. The van der Waals surface area contributed by atoms with Crippen molar-refractivity contribution in [1.82, 2.24) is 4.98 Å². The van der Waals surface area contributed by atoms with E-state index in [2.05, 4.69) is 4.98 Å². The molecule has 1 aromatic heterocycles. The number of carbonyl (C=O) groups is 1. The summed E-state index contributed by atoms with van der Waals surface area (Å²) in [6, 6.07) is 16.4. The molecule has 1 aliphatic carbocycles. The Balaban J connectivity index is 1.47. The summed E-state index contributed by atoms with van der Waals surface area (Å²) in [7, 11) is 0. The van der Waals surface area contributed by atoms with E-state index in [0.29, 0.717) is 12.1 Å². The van der Waals surface area contributed by atoms with Gasteiger partial charge in [0.2, 0.25) is 5.91 Å². The molecule has 0 bridgehead atoms. The molecule has 2 aromatic carbocycles. The number of anilines is 1. The van der Waals surface area contributed by atoms with Gasteiger partial charge in [0, 0.05) is 18.7 Å². The van der Waals surface area contributed by atoms with Gasteiger partial charge in [-0.15, -0.1) is 0 Å². The first-order valence-electron chi connectivity index (χ1n) is 11.0. The van der Waals surface area contributed by atoms with Crippen LogP contribution in [0.2, 0.25) is 0 Å². The van der Waals surface area contributed by atoms with Crippen LogP contribution in [0.1, 0.15) is 43.4 Å². The average molecular weight is 437 g/mol. The van der Waals surface area contributed by atoms with Crippen molar-refractivity contribution in [3.63, 3.8) is 0 Å². The monoisotopic (exact) mass is 436 g/mol. The molecule has 0 unspecified atom stereocenters. The molecule has 3 aromatic rings. The highest BCUT2D eigenvalue weighted by Crippen LogP contribution is 2.26. The van der Waals surface area contributed by atoms with E-state index in [-0.39, 0.29) is 30.7 Å². The number of hydrogen-bond donors (Lipinski definition) is 0. The molecule has 0 atom stereocenters. The minimum absolute atomic E-state index is 0.0420. The smallest absolute Gasteiger partial charge is 0.227 e. The number of amides is 1. The molecule has 4 nitrogen and oxygen atoms in total. The molecule has 1 fully saturated rings. The van der Waals surface area contributed by atoms with E-state index in [0.717, 1.165) is 36.3 Å². The number of nitrogens with zero attached hydrogens (tertiary/aromatic N) is 2. The van der Waals surface area contributed by atoms with Crippen molar-refractivity contribution in [1.29, 1.82) is 0 Å². The van der Waals surface area contributed by atoms with Gasteiger partial charge in [0.05, 0.1) is 24.0 Å². The van der Waals surface area contributed by atoms with Crippen LogP contribution in [-0.4, -0.2) is 17.0 Å². The van der Waals surface area contributed by atoms with Crippen molar-refractivity contribution in [2.45, 2.75) is 51.2 Å². The lowest BCUT2D eigenvalue weighted by Gasteiger charge is -2.23. The molecular weight excluding hydrogens is 410 g/mol. The second-order valence-corrected chi connectivity index (χ2v) is 8.07. The van der Waals surface area contributed by atoms with Crippen LogP contribution in [0.4, 0.5) is 14.5 Å². The van der Waals surface area contributed by atoms with Crippen molar-refractivity contribution < 1.29 is 18.3 Å². The van der Waals surface area contributed by atoms with Crippen LogP contribution in [0.15, 0.2) is 66.9 Å². The fourth-order valence-corrected chi connectivity index (χ4v) is 4.02. The number of aryl methyl sites for hydroxylation is 1. The number of hydrogen-bond acceptors (Lipinski definition) is 3. The Kier molecular flexibility index (Phi) is 7.10. The Hall–Kier alpha value is -3.28. The predicted octanol–water partition coefficient (Wildman–Crippen LogP) is 5.85. The number of aromatic nitrogens is 1. The van der Waals surface area contributed by atoms with Crippen molar-refractivity contribution in [2.75, 3.05) is 4.90 Å². The molecule has 0 radical (unpaired) electrons. The molecule has 6 heteroatoms. The molecule has 0 N–H and O–H groups in total. The molecule has 1 heterocycles. The van der Waals surface area contributed by atoms with Crippen molar-refractivity contribution >= 4 is 11.6 Å². The molecular formula is C26H26F2N2O2. The summed E-state index contributed by atoms with van der Waals surface area (Å²) in [6.07, 6.45) is 7.11. The summed E-state index contributed by atoms with van der Waals surface area (Å²) in [6.45, 7) is 0.104. The Morgan fingerprint density at radius 1 is 1.03 bits per heavy atom. The highest BCUT2D eigenvalue weighted by Gasteiger charge is 2.21. The Morgan fingerprint density at radius 3 is 2.62 bits per heavy atom. The van der Waals surface area contributed by atoms with E-state index >= 15 is 0 Å². The standard InChI is InChI=1S/C26H26F2N2O2/c27-20-12-13-25(24(28)17-20)30(18-21-7-3-4-15-29-21)26(31)14-11-19-6-5-10-23(16-19)32-22-8-1-2-9-22/h3-7,10,12-13,15-17,22H,1-2,8-9,11,14,18H2. The fraction of sp³-hybridized carbons (Fsp3) is 0.308. The van der Waals surface area contributed by atoms with Gasteiger partial charge in [0.25, 0.3) is 0 Å². The maximum Gasteiger partial charge on any atom is 0.227 e. The lowest BCUT2D eigenvalue weighted by atomic mass is 10.1. The molecule has 1 aliphatic rings. The minimum atomic E-state index is -0.777. The number of benzene rings is 2. The molecule has 1 amide bonds. The predicted molar refractivity (Wildman–Crippen MR) is 119 cm³/mol. The third kappa shape index (κ3) is 5.69. The number of pyridine rings is 1. The van der Waals surface area contributed by atoms with Gasteiger partial charge in [-0.2, -0.15) is 0 Å². The zero-order chi connectivity index (χ0) is 22.3. The Bertz CT molecular complexity index is 1050. The quantitative estimate of drug-likeness (QED) is 0.445. The van der Waals surface area contributed by atoms with E-state index in [1.807, 2.05) is 30.3 Å². The largest absolute Gasteiger partial charge is 0.490 e. The first-order chi connectivity index (χ1) is 15.6. The summed E-state index contributed by atoms with van der Waals surface area (Å²) in [5.74, 6) is -0.906. The summed E-state index contributed by atoms with van der Waals surface area (Å²) >= 11 is 0. The van der Waals surface area contributed by atoms with Crippen LogP contribution in [-0.2, 0) is 17.8 Å². The number of halogens is 2. The SMILES string of the molecule is O=C(CCc1cccc(OC2CCCC2)c1)N(Cc1ccccn1)c1ccc(F)cc1F.